The van der Waals surface area contributed by atoms with Gasteiger partial charge in [0.05, 0.1) is 5.41 Å². The second-order valence-corrected chi connectivity index (χ2v) is 18.7. The number of para-hydroxylation sites is 1. The molecule has 0 heterocycles. The molecule has 0 saturated carbocycles. The highest BCUT2D eigenvalue weighted by atomic mass is 14.8. The average molecular weight is 978 g/mol. The standard InChI is InChI=1S/C62H52N2.C7H8.C2H6.CH5N/c1-3-4-5-6-9-20-43(2)48-35-37-58-54(39-48)55-41-50(60(56-40-49-25-15-18-29-53(49)61(56)63)47-33-31-45(32-34-47)44-21-10-7-11-22-44)36-38-59(55)62(58)51(42-64-52-27-12-8-13-28-52)26-17-14-23-46-24-16-19-30-57(46)62;1-7-5-3-2-4-6-7;2*1-2/h3-39,41-43,60,64H,40,63H2,1-2H3;2-6H,1H3;1-2H3;2H2,1H3/b4-3+,6-5-,20-9-,23-14-,26-17-,51-42-;;;. The molecule has 0 fully saturated rings. The van der Waals surface area contributed by atoms with Gasteiger partial charge < -0.3 is 16.8 Å². The first-order chi connectivity index (χ1) is 36.9. The van der Waals surface area contributed by atoms with E-state index in [-0.39, 0.29) is 11.8 Å². The summed E-state index contributed by atoms with van der Waals surface area (Å²) in [5.41, 5.74) is 32.9. The summed E-state index contributed by atoms with van der Waals surface area (Å²) in [6.07, 6.45) is 24.7. The van der Waals surface area contributed by atoms with Gasteiger partial charge in [-0.05, 0) is 129 Å². The summed E-state index contributed by atoms with van der Waals surface area (Å²) >= 11 is 0. The molecule has 11 rings (SSSR count). The number of allylic oxidation sites excluding steroid dienone is 11. The Hall–Kier alpha value is -8.50. The van der Waals surface area contributed by atoms with E-state index in [1.807, 2.05) is 45.0 Å². The van der Waals surface area contributed by atoms with Gasteiger partial charge in [-0.15, -0.1) is 0 Å². The number of hydrogen-bond acceptors (Lipinski definition) is 3. The fourth-order valence-electron chi connectivity index (χ4n) is 10.7. The second-order valence-electron chi connectivity index (χ2n) is 18.7. The number of fused-ring (bicyclic) bond motifs is 8. The molecule has 3 aliphatic rings. The molecule has 3 unspecified atom stereocenters. The molecule has 374 valence electrons. The van der Waals surface area contributed by atoms with Gasteiger partial charge >= 0.3 is 0 Å². The molecule has 0 bridgehead atoms. The molecule has 3 nitrogen and oxygen atoms in total. The lowest BCUT2D eigenvalue weighted by Crippen LogP contribution is -2.31. The van der Waals surface area contributed by atoms with Gasteiger partial charge in [-0.3, -0.25) is 0 Å². The van der Waals surface area contributed by atoms with Crippen molar-refractivity contribution in [1.82, 2.24) is 0 Å². The van der Waals surface area contributed by atoms with Crippen LogP contribution in [0.5, 0.6) is 0 Å². The maximum atomic E-state index is 7.23. The van der Waals surface area contributed by atoms with Crippen molar-refractivity contribution < 1.29 is 0 Å². The van der Waals surface area contributed by atoms with E-state index < -0.39 is 5.41 Å². The van der Waals surface area contributed by atoms with Crippen LogP contribution in [0, 0.1) is 6.92 Å². The number of aryl methyl sites for hydroxylation is 1. The highest BCUT2D eigenvalue weighted by molar-refractivity contribution is 5.90. The van der Waals surface area contributed by atoms with Crippen molar-refractivity contribution in [1.29, 1.82) is 0 Å². The molecule has 0 radical (unpaired) electrons. The fraction of sp³-hybridized carbons (Fsp3) is 0.139. The van der Waals surface area contributed by atoms with Crippen LogP contribution in [0.4, 0.5) is 5.69 Å². The highest BCUT2D eigenvalue weighted by Crippen LogP contribution is 2.59. The first kappa shape index (κ1) is 52.8. The van der Waals surface area contributed by atoms with Crippen LogP contribution in [0.3, 0.4) is 0 Å². The molecular formula is C72H71N3. The van der Waals surface area contributed by atoms with Crippen LogP contribution >= 0.6 is 0 Å². The second kappa shape index (κ2) is 25.4. The zero-order chi connectivity index (χ0) is 52.6. The number of hydrogen-bond donors (Lipinski definition) is 3. The van der Waals surface area contributed by atoms with E-state index in [9.17, 15) is 0 Å². The third-order valence-corrected chi connectivity index (χ3v) is 14.3. The molecule has 3 aliphatic carbocycles. The largest absolute Gasteiger partial charge is 0.398 e. The Labute approximate surface area is 447 Å². The van der Waals surface area contributed by atoms with E-state index in [2.05, 4.69) is 268 Å². The fourth-order valence-corrected chi connectivity index (χ4v) is 10.7. The third-order valence-electron chi connectivity index (χ3n) is 14.3. The molecule has 5 N–H and O–H groups in total. The van der Waals surface area contributed by atoms with Crippen molar-refractivity contribution in [3.05, 3.63) is 328 Å². The molecule has 0 saturated heterocycles. The summed E-state index contributed by atoms with van der Waals surface area (Å²) in [7, 11) is 1.50. The van der Waals surface area contributed by atoms with Crippen molar-refractivity contribution >= 4 is 17.5 Å². The van der Waals surface area contributed by atoms with E-state index in [0.29, 0.717) is 0 Å². The minimum absolute atomic E-state index is 0.0567. The van der Waals surface area contributed by atoms with Gasteiger partial charge in [-0.1, -0.05) is 269 Å². The smallest absolute Gasteiger partial charge is 0.0733 e. The summed E-state index contributed by atoms with van der Waals surface area (Å²) in [4.78, 5) is 0. The number of nitrogens with one attached hydrogen (secondary N) is 1. The number of anilines is 1. The van der Waals surface area contributed by atoms with Gasteiger partial charge in [-0.25, -0.2) is 0 Å². The summed E-state index contributed by atoms with van der Waals surface area (Å²) < 4.78 is 0. The SMILES string of the molecule is C/C=C/C=C\C=C/C(C)c1ccc2c(c1)-c1cc(C(C3=C(N)c4ccccc4C3)c3ccc(-c4ccccc4)cc3)ccc1C21C(=C\Nc2ccccc2)/C=C\C=C/c2ccccc21.CC.CN.Cc1ccccc1. The van der Waals surface area contributed by atoms with Gasteiger partial charge in [0.25, 0.3) is 0 Å². The normalized spacial score (nSPS) is 17.0. The van der Waals surface area contributed by atoms with Crippen LogP contribution in [0.2, 0.25) is 0 Å². The van der Waals surface area contributed by atoms with E-state index >= 15 is 0 Å². The number of nitrogens with two attached hydrogens (primary N) is 2. The molecular weight excluding hydrogens is 907 g/mol. The van der Waals surface area contributed by atoms with Gasteiger partial charge in [0.2, 0.25) is 0 Å². The lowest BCUT2D eigenvalue weighted by molar-refractivity contribution is 0.761. The van der Waals surface area contributed by atoms with Crippen molar-refractivity contribution in [2.45, 2.75) is 58.3 Å². The van der Waals surface area contributed by atoms with Crippen LogP contribution in [0.1, 0.15) is 95.2 Å². The molecule has 0 amide bonds. The molecule has 8 aromatic rings. The molecule has 8 aromatic carbocycles. The van der Waals surface area contributed by atoms with Gasteiger partial charge in [0.1, 0.15) is 0 Å². The zero-order valence-electron chi connectivity index (χ0n) is 44.4. The summed E-state index contributed by atoms with van der Waals surface area (Å²) in [6.45, 7) is 10.4. The first-order valence-corrected chi connectivity index (χ1v) is 26.5. The van der Waals surface area contributed by atoms with Crippen LogP contribution in [0.15, 0.2) is 272 Å². The van der Waals surface area contributed by atoms with Crippen molar-refractivity contribution in [2.24, 2.45) is 11.5 Å². The van der Waals surface area contributed by atoms with E-state index in [1.165, 1.54) is 90.5 Å². The molecule has 0 aliphatic heterocycles. The topological polar surface area (TPSA) is 64.1 Å². The van der Waals surface area contributed by atoms with Crippen LogP contribution in [-0.4, -0.2) is 7.05 Å². The predicted molar refractivity (Wildman–Crippen MR) is 324 cm³/mol. The molecule has 75 heavy (non-hydrogen) atoms. The Kier molecular flexibility index (Phi) is 17.9. The maximum absolute atomic E-state index is 7.23. The Balaban J connectivity index is 0.000000617. The molecule has 1 spiro atoms. The average Bonchev–Trinajstić information content (AvgIpc) is 3.95. The predicted octanol–water partition coefficient (Wildman–Crippen LogP) is 17.7. The minimum Gasteiger partial charge on any atom is -0.398 e. The Bertz CT molecular complexity index is 3390. The summed E-state index contributed by atoms with van der Waals surface area (Å²) in [6, 6.07) is 72.6. The lowest BCUT2D eigenvalue weighted by Gasteiger charge is -2.36. The highest BCUT2D eigenvalue weighted by Gasteiger charge is 2.48. The van der Waals surface area contributed by atoms with E-state index in [4.69, 9.17) is 5.73 Å². The quantitative estimate of drug-likeness (QED) is 0.120. The van der Waals surface area contributed by atoms with E-state index in [0.717, 1.165) is 23.4 Å². The summed E-state index contributed by atoms with van der Waals surface area (Å²) in [5, 5.41) is 3.71. The minimum atomic E-state index is -0.621. The molecule has 3 atom stereocenters. The molecule has 3 heteroatoms. The monoisotopic (exact) mass is 978 g/mol. The van der Waals surface area contributed by atoms with Crippen LogP contribution in [0.25, 0.3) is 34.0 Å². The van der Waals surface area contributed by atoms with Crippen LogP contribution in [-0.2, 0) is 11.8 Å². The van der Waals surface area contributed by atoms with Gasteiger partial charge in [-0.2, -0.15) is 0 Å². The van der Waals surface area contributed by atoms with Crippen molar-refractivity contribution in [3.8, 4) is 22.3 Å². The van der Waals surface area contributed by atoms with Crippen molar-refractivity contribution in [3.63, 3.8) is 0 Å². The third kappa shape index (κ3) is 11.4. The van der Waals surface area contributed by atoms with Crippen LogP contribution < -0.4 is 16.8 Å². The number of benzene rings is 8. The van der Waals surface area contributed by atoms with E-state index in [1.54, 1.807) is 0 Å². The first-order valence-electron chi connectivity index (χ1n) is 26.5. The Morgan fingerprint density at radius 3 is 1.76 bits per heavy atom. The molecule has 0 aromatic heterocycles. The summed E-state index contributed by atoms with van der Waals surface area (Å²) in [5.74, 6) is 0.141. The van der Waals surface area contributed by atoms with Crippen molar-refractivity contribution in [2.75, 3.05) is 12.4 Å². The van der Waals surface area contributed by atoms with Gasteiger partial charge in [0, 0.05) is 29.1 Å². The Morgan fingerprint density at radius 1 is 0.533 bits per heavy atom. The number of rotatable bonds is 10. The Morgan fingerprint density at radius 2 is 1.09 bits per heavy atom. The lowest BCUT2D eigenvalue weighted by atomic mass is 9.65. The van der Waals surface area contributed by atoms with Gasteiger partial charge in [0.15, 0.2) is 0 Å². The maximum Gasteiger partial charge on any atom is 0.0733 e. The zero-order valence-corrected chi connectivity index (χ0v) is 44.4.